The van der Waals surface area contributed by atoms with Gasteiger partial charge >= 0.3 is 0 Å². The van der Waals surface area contributed by atoms with Gasteiger partial charge < -0.3 is 0 Å². The number of sulfonamides is 1. The van der Waals surface area contributed by atoms with Crippen LogP contribution in [-0.4, -0.2) is 14.7 Å². The molecule has 1 heterocycles. The van der Waals surface area contributed by atoms with E-state index in [9.17, 15) is 8.42 Å². The number of para-hydroxylation sites is 1. The van der Waals surface area contributed by atoms with Crippen molar-refractivity contribution in [1.29, 1.82) is 0 Å². The molecule has 3 nitrogen and oxygen atoms in total. The fourth-order valence-corrected chi connectivity index (χ4v) is 4.10. The third-order valence-corrected chi connectivity index (χ3v) is 4.98. The molecule has 0 N–H and O–H groups in total. The van der Waals surface area contributed by atoms with Gasteiger partial charge in [-0.15, -0.1) is 0 Å². The van der Waals surface area contributed by atoms with Gasteiger partial charge in [-0.3, -0.25) is 0 Å². The summed E-state index contributed by atoms with van der Waals surface area (Å²) in [6, 6.07) is 7.39. The van der Waals surface area contributed by atoms with Gasteiger partial charge in [0.15, 0.2) is 0 Å². The van der Waals surface area contributed by atoms with Crippen LogP contribution >= 0.6 is 11.9 Å². The van der Waals surface area contributed by atoms with E-state index in [4.69, 9.17) is 0 Å². The second-order valence-electron chi connectivity index (χ2n) is 2.79. The zero-order chi connectivity index (χ0) is 9.47. The average molecular weight is 215 g/mol. The number of rotatable bonds is 1. The highest BCUT2D eigenvalue weighted by Crippen LogP contribution is 2.36. The van der Waals surface area contributed by atoms with Gasteiger partial charge in [0, 0.05) is 6.26 Å². The van der Waals surface area contributed by atoms with Gasteiger partial charge in [0.1, 0.15) is 0 Å². The lowest BCUT2D eigenvalue weighted by molar-refractivity contribution is 0.600. The van der Waals surface area contributed by atoms with Crippen molar-refractivity contribution in [2.45, 2.75) is 5.75 Å². The Kier molecular flexibility index (Phi) is 2.00. The van der Waals surface area contributed by atoms with Crippen molar-refractivity contribution in [3.05, 3.63) is 29.8 Å². The van der Waals surface area contributed by atoms with Crippen LogP contribution in [0.25, 0.3) is 0 Å². The van der Waals surface area contributed by atoms with E-state index in [0.29, 0.717) is 0 Å². The second kappa shape index (κ2) is 2.92. The maximum absolute atomic E-state index is 11.6. The summed E-state index contributed by atoms with van der Waals surface area (Å²) in [5, 5.41) is 0. The van der Waals surface area contributed by atoms with Crippen LogP contribution in [-0.2, 0) is 15.8 Å². The molecule has 0 amide bonds. The summed E-state index contributed by atoms with van der Waals surface area (Å²) >= 11 is 1.23. The summed E-state index contributed by atoms with van der Waals surface area (Å²) in [5.74, 6) is 0.129. The molecule has 0 bridgehead atoms. The van der Waals surface area contributed by atoms with Crippen molar-refractivity contribution in [3.8, 4) is 0 Å². The topological polar surface area (TPSA) is 37.4 Å². The van der Waals surface area contributed by atoms with Crippen molar-refractivity contribution in [2.75, 3.05) is 9.97 Å². The van der Waals surface area contributed by atoms with Gasteiger partial charge in [0.2, 0.25) is 10.0 Å². The monoisotopic (exact) mass is 215 g/mol. The molecule has 0 atom stereocenters. The zero-order valence-corrected chi connectivity index (χ0v) is 8.73. The molecular weight excluding hydrogens is 206 g/mol. The Labute approximate surface area is 81.9 Å². The van der Waals surface area contributed by atoms with Gasteiger partial charge in [0.05, 0.1) is 11.4 Å². The molecule has 0 unspecified atom stereocenters. The molecule has 0 fully saturated rings. The summed E-state index contributed by atoms with van der Waals surface area (Å²) in [4.78, 5) is 0. The lowest BCUT2D eigenvalue weighted by Crippen LogP contribution is -2.17. The minimum Gasteiger partial charge on any atom is -0.212 e. The molecule has 0 spiro atoms. The Morgan fingerprint density at radius 1 is 1.38 bits per heavy atom. The van der Waals surface area contributed by atoms with Crippen LogP contribution in [0, 0.1) is 0 Å². The van der Waals surface area contributed by atoms with Crippen molar-refractivity contribution in [2.24, 2.45) is 0 Å². The summed E-state index contributed by atoms with van der Waals surface area (Å²) < 4.78 is 24.5. The van der Waals surface area contributed by atoms with Crippen LogP contribution in [0.4, 0.5) is 5.69 Å². The molecule has 1 aliphatic heterocycles. The smallest absolute Gasteiger partial charge is 0.212 e. The number of anilines is 1. The van der Waals surface area contributed by atoms with Crippen LogP contribution in [0.5, 0.6) is 0 Å². The summed E-state index contributed by atoms with van der Waals surface area (Å²) in [6.07, 6.45) is 1.76. The lowest BCUT2D eigenvalue weighted by Gasteiger charge is -2.13. The van der Waals surface area contributed by atoms with Gasteiger partial charge in [0.25, 0.3) is 0 Å². The molecule has 70 valence electrons. The maximum atomic E-state index is 11.6. The third-order valence-electron chi connectivity index (χ3n) is 1.94. The highest BCUT2D eigenvalue weighted by atomic mass is 32.3. The van der Waals surface area contributed by atoms with Crippen LogP contribution < -0.4 is 3.71 Å². The van der Waals surface area contributed by atoms with Crippen LogP contribution in [0.3, 0.4) is 0 Å². The number of nitrogens with zero attached hydrogens (tertiary/aromatic N) is 1. The Hall–Kier alpha value is -0.680. The van der Waals surface area contributed by atoms with Gasteiger partial charge in [-0.25, -0.2) is 12.1 Å². The molecule has 0 saturated carbocycles. The van der Waals surface area contributed by atoms with E-state index in [1.54, 1.807) is 6.26 Å². The Balaban J connectivity index is 2.59. The van der Waals surface area contributed by atoms with E-state index >= 15 is 0 Å². The van der Waals surface area contributed by atoms with Crippen molar-refractivity contribution in [1.82, 2.24) is 0 Å². The molecular formula is C8H9NO2S2. The predicted molar refractivity (Wildman–Crippen MR) is 55.1 cm³/mol. The molecule has 1 aromatic rings. The molecule has 1 aliphatic rings. The molecule has 0 radical (unpaired) electrons. The highest BCUT2D eigenvalue weighted by Gasteiger charge is 2.32. The number of benzene rings is 1. The Bertz CT molecular complexity index is 428. The molecule has 1 aromatic carbocycles. The van der Waals surface area contributed by atoms with Gasteiger partial charge in [-0.2, -0.15) is 0 Å². The quantitative estimate of drug-likeness (QED) is 0.668. The minimum absolute atomic E-state index is 0.129. The van der Waals surface area contributed by atoms with Crippen molar-refractivity contribution < 1.29 is 8.42 Å². The van der Waals surface area contributed by atoms with E-state index in [1.165, 1.54) is 15.7 Å². The SMILES string of the molecule is CSN1c2ccccc2CS1(=O)=O. The van der Waals surface area contributed by atoms with E-state index in [2.05, 4.69) is 0 Å². The maximum Gasteiger partial charge on any atom is 0.248 e. The second-order valence-corrected chi connectivity index (χ2v) is 5.57. The predicted octanol–water partition coefficient (Wildman–Crippen LogP) is 1.61. The van der Waals surface area contributed by atoms with Gasteiger partial charge in [-0.1, -0.05) is 18.2 Å². The first-order valence-corrected chi connectivity index (χ1v) is 6.59. The first kappa shape index (κ1) is 8.90. The minimum atomic E-state index is -3.10. The van der Waals surface area contributed by atoms with E-state index in [1.807, 2.05) is 24.3 Å². The molecule has 2 rings (SSSR count). The third kappa shape index (κ3) is 1.32. The van der Waals surface area contributed by atoms with E-state index in [-0.39, 0.29) is 5.75 Å². The average Bonchev–Trinajstić information content (AvgIpc) is 2.33. The fourth-order valence-electron chi connectivity index (χ4n) is 1.43. The zero-order valence-electron chi connectivity index (χ0n) is 7.10. The van der Waals surface area contributed by atoms with E-state index in [0.717, 1.165) is 11.3 Å². The van der Waals surface area contributed by atoms with Crippen LogP contribution in [0.2, 0.25) is 0 Å². The highest BCUT2D eigenvalue weighted by molar-refractivity contribution is 8.14. The number of hydrogen-bond donors (Lipinski definition) is 0. The Morgan fingerprint density at radius 3 is 2.77 bits per heavy atom. The van der Waals surface area contributed by atoms with Gasteiger partial charge in [-0.05, 0) is 23.6 Å². The largest absolute Gasteiger partial charge is 0.248 e. The fraction of sp³-hybridized carbons (Fsp3) is 0.250. The number of hydrogen-bond acceptors (Lipinski definition) is 3. The van der Waals surface area contributed by atoms with Crippen LogP contribution in [0.1, 0.15) is 5.56 Å². The summed E-state index contributed by atoms with van der Waals surface area (Å²) in [7, 11) is -3.10. The van der Waals surface area contributed by atoms with Crippen LogP contribution in [0.15, 0.2) is 24.3 Å². The molecule has 0 saturated heterocycles. The molecule has 0 aliphatic carbocycles. The lowest BCUT2D eigenvalue weighted by atomic mass is 10.2. The first-order chi connectivity index (χ1) is 6.15. The normalized spacial score (nSPS) is 18.7. The standard InChI is InChI=1S/C8H9NO2S2/c1-12-9-8-5-3-2-4-7(8)6-13(9,10)11/h2-5H,6H2,1H3. The summed E-state index contributed by atoms with van der Waals surface area (Å²) in [5.41, 5.74) is 1.69. The van der Waals surface area contributed by atoms with Crippen molar-refractivity contribution in [3.63, 3.8) is 0 Å². The summed E-state index contributed by atoms with van der Waals surface area (Å²) in [6.45, 7) is 0. The number of fused-ring (bicyclic) bond motifs is 1. The Morgan fingerprint density at radius 2 is 2.08 bits per heavy atom. The molecule has 13 heavy (non-hydrogen) atoms. The first-order valence-electron chi connectivity index (χ1n) is 3.80. The molecule has 0 aromatic heterocycles. The van der Waals surface area contributed by atoms with E-state index < -0.39 is 10.0 Å². The molecule has 5 heteroatoms. The van der Waals surface area contributed by atoms with Crippen molar-refractivity contribution >= 4 is 27.7 Å².